The first kappa shape index (κ1) is 12.9. The Morgan fingerprint density at radius 3 is 2.47 bits per heavy atom. The lowest BCUT2D eigenvalue weighted by atomic mass is 9.82. The van der Waals surface area contributed by atoms with Crippen LogP contribution in [0.5, 0.6) is 0 Å². The maximum Gasteiger partial charge on any atom is 0.227 e. The van der Waals surface area contributed by atoms with E-state index >= 15 is 0 Å². The molecule has 0 bridgehead atoms. The van der Waals surface area contributed by atoms with E-state index in [1.54, 1.807) is 0 Å². The normalized spacial score (nSPS) is 25.3. The standard InChI is InChI=1S/C14H26N2O/c1-2-12(11-6-4-3-5-7-11)16-13(17)14(10-15)8-9-14/h11-12H,2-10,15H2,1H3,(H,16,17). The van der Waals surface area contributed by atoms with Crippen molar-refractivity contribution >= 4 is 5.91 Å². The van der Waals surface area contributed by atoms with Crippen molar-refractivity contribution in [3.05, 3.63) is 0 Å². The molecular weight excluding hydrogens is 212 g/mol. The van der Waals surface area contributed by atoms with Crippen molar-refractivity contribution in [1.82, 2.24) is 5.32 Å². The Morgan fingerprint density at radius 2 is 2.00 bits per heavy atom. The average molecular weight is 238 g/mol. The van der Waals surface area contributed by atoms with Crippen LogP contribution >= 0.6 is 0 Å². The van der Waals surface area contributed by atoms with Gasteiger partial charge >= 0.3 is 0 Å². The molecule has 2 aliphatic carbocycles. The molecular formula is C14H26N2O. The summed E-state index contributed by atoms with van der Waals surface area (Å²) in [5.74, 6) is 0.920. The Labute approximate surface area is 105 Å². The van der Waals surface area contributed by atoms with Crippen LogP contribution in [0.4, 0.5) is 0 Å². The molecule has 0 radical (unpaired) electrons. The molecule has 1 atom stereocenters. The van der Waals surface area contributed by atoms with Crippen LogP contribution < -0.4 is 11.1 Å². The van der Waals surface area contributed by atoms with Crippen molar-refractivity contribution in [2.45, 2.75) is 64.3 Å². The van der Waals surface area contributed by atoms with Crippen LogP contribution in [0, 0.1) is 11.3 Å². The SMILES string of the molecule is CCC(NC(=O)C1(CN)CC1)C1CCCCC1. The van der Waals surface area contributed by atoms with E-state index in [1.165, 1.54) is 32.1 Å². The van der Waals surface area contributed by atoms with Crippen LogP contribution in [0.2, 0.25) is 0 Å². The number of rotatable bonds is 5. The second-order valence-electron chi connectivity index (χ2n) is 5.87. The number of hydrogen-bond acceptors (Lipinski definition) is 2. The fraction of sp³-hybridized carbons (Fsp3) is 0.929. The third-order valence-electron chi connectivity index (χ3n) is 4.70. The maximum atomic E-state index is 12.2. The van der Waals surface area contributed by atoms with Gasteiger partial charge in [-0.05, 0) is 38.0 Å². The van der Waals surface area contributed by atoms with E-state index in [9.17, 15) is 4.79 Å². The molecule has 2 saturated carbocycles. The number of hydrogen-bond donors (Lipinski definition) is 2. The Balaban J connectivity index is 1.88. The highest BCUT2D eigenvalue weighted by Gasteiger charge is 2.49. The fourth-order valence-corrected chi connectivity index (χ4v) is 3.09. The van der Waals surface area contributed by atoms with Gasteiger partial charge in [0.25, 0.3) is 0 Å². The third-order valence-corrected chi connectivity index (χ3v) is 4.70. The summed E-state index contributed by atoms with van der Waals surface area (Å²) in [7, 11) is 0. The van der Waals surface area contributed by atoms with Crippen LogP contribution in [0.3, 0.4) is 0 Å². The zero-order chi connectivity index (χ0) is 12.3. The number of amides is 1. The Hall–Kier alpha value is -0.570. The molecule has 0 saturated heterocycles. The molecule has 3 N–H and O–H groups in total. The summed E-state index contributed by atoms with van der Waals surface area (Å²) in [6.07, 6.45) is 9.62. The second-order valence-corrected chi connectivity index (χ2v) is 5.87. The summed E-state index contributed by atoms with van der Waals surface area (Å²) in [6.45, 7) is 2.70. The van der Waals surface area contributed by atoms with E-state index in [4.69, 9.17) is 5.73 Å². The van der Waals surface area contributed by atoms with Gasteiger partial charge in [0.05, 0.1) is 5.41 Å². The van der Waals surface area contributed by atoms with Crippen LogP contribution in [0.25, 0.3) is 0 Å². The van der Waals surface area contributed by atoms with Crippen LogP contribution in [-0.4, -0.2) is 18.5 Å². The highest BCUT2D eigenvalue weighted by Crippen LogP contribution is 2.45. The number of carbonyl (C=O) groups is 1. The van der Waals surface area contributed by atoms with Gasteiger partial charge in [0.2, 0.25) is 5.91 Å². The van der Waals surface area contributed by atoms with Crippen molar-refractivity contribution in [2.75, 3.05) is 6.54 Å². The van der Waals surface area contributed by atoms with Crippen LogP contribution in [0.15, 0.2) is 0 Å². The van der Waals surface area contributed by atoms with Gasteiger partial charge in [0.15, 0.2) is 0 Å². The maximum absolute atomic E-state index is 12.2. The minimum atomic E-state index is -0.192. The quantitative estimate of drug-likeness (QED) is 0.771. The summed E-state index contributed by atoms with van der Waals surface area (Å²) in [4.78, 5) is 12.2. The number of nitrogens with two attached hydrogens (primary N) is 1. The van der Waals surface area contributed by atoms with Crippen molar-refractivity contribution < 1.29 is 4.79 Å². The lowest BCUT2D eigenvalue weighted by molar-refractivity contribution is -0.127. The number of nitrogens with one attached hydrogen (secondary N) is 1. The molecule has 2 fully saturated rings. The first-order valence-electron chi connectivity index (χ1n) is 7.23. The first-order chi connectivity index (χ1) is 8.22. The highest BCUT2D eigenvalue weighted by atomic mass is 16.2. The van der Waals surface area contributed by atoms with Gasteiger partial charge in [-0.3, -0.25) is 4.79 Å². The van der Waals surface area contributed by atoms with Gasteiger partial charge < -0.3 is 11.1 Å². The van der Waals surface area contributed by atoms with Gasteiger partial charge in [0.1, 0.15) is 0 Å². The molecule has 0 aromatic rings. The summed E-state index contributed by atoms with van der Waals surface area (Å²) < 4.78 is 0. The zero-order valence-electron chi connectivity index (χ0n) is 11.0. The predicted octanol–water partition coefficient (Wildman–Crippen LogP) is 2.20. The smallest absolute Gasteiger partial charge is 0.227 e. The highest BCUT2D eigenvalue weighted by molar-refractivity contribution is 5.85. The van der Waals surface area contributed by atoms with Crippen molar-refractivity contribution in [3.8, 4) is 0 Å². The van der Waals surface area contributed by atoms with E-state index in [0.29, 0.717) is 18.5 Å². The molecule has 0 aromatic carbocycles. The van der Waals surface area contributed by atoms with Crippen molar-refractivity contribution in [1.29, 1.82) is 0 Å². The topological polar surface area (TPSA) is 55.1 Å². The van der Waals surface area contributed by atoms with Gasteiger partial charge in [-0.2, -0.15) is 0 Å². The lowest BCUT2D eigenvalue weighted by Gasteiger charge is -2.31. The van der Waals surface area contributed by atoms with Gasteiger partial charge in [-0.25, -0.2) is 0 Å². The van der Waals surface area contributed by atoms with E-state index < -0.39 is 0 Å². The largest absolute Gasteiger partial charge is 0.353 e. The minimum absolute atomic E-state index is 0.192. The molecule has 98 valence electrons. The van der Waals surface area contributed by atoms with Gasteiger partial charge in [0, 0.05) is 12.6 Å². The Morgan fingerprint density at radius 1 is 1.35 bits per heavy atom. The molecule has 1 amide bonds. The van der Waals surface area contributed by atoms with E-state index in [2.05, 4.69) is 12.2 Å². The first-order valence-corrected chi connectivity index (χ1v) is 7.23. The number of carbonyl (C=O) groups excluding carboxylic acids is 1. The lowest BCUT2D eigenvalue weighted by Crippen LogP contribution is -2.45. The molecule has 0 aliphatic heterocycles. The van der Waals surface area contributed by atoms with Crippen LogP contribution in [-0.2, 0) is 4.79 Å². The summed E-state index contributed by atoms with van der Waals surface area (Å²) in [5.41, 5.74) is 5.51. The third kappa shape index (κ3) is 2.82. The molecule has 2 aliphatic rings. The molecule has 17 heavy (non-hydrogen) atoms. The fourth-order valence-electron chi connectivity index (χ4n) is 3.09. The zero-order valence-corrected chi connectivity index (χ0v) is 11.0. The van der Waals surface area contributed by atoms with Crippen molar-refractivity contribution in [3.63, 3.8) is 0 Å². The summed E-state index contributed by atoms with van der Waals surface area (Å²) >= 11 is 0. The van der Waals surface area contributed by atoms with Gasteiger partial charge in [-0.1, -0.05) is 26.2 Å². The minimum Gasteiger partial charge on any atom is -0.353 e. The molecule has 3 heteroatoms. The summed E-state index contributed by atoms with van der Waals surface area (Å²) in [5, 5.41) is 3.27. The molecule has 3 nitrogen and oxygen atoms in total. The molecule has 0 aromatic heterocycles. The van der Waals surface area contributed by atoms with Crippen LogP contribution in [0.1, 0.15) is 58.3 Å². The second kappa shape index (κ2) is 5.38. The predicted molar refractivity (Wildman–Crippen MR) is 69.5 cm³/mol. The van der Waals surface area contributed by atoms with E-state index in [-0.39, 0.29) is 11.3 Å². The Bertz CT molecular complexity index is 267. The van der Waals surface area contributed by atoms with E-state index in [0.717, 1.165) is 19.3 Å². The molecule has 1 unspecified atom stereocenters. The monoisotopic (exact) mass is 238 g/mol. The molecule has 0 heterocycles. The Kier molecular flexibility index (Phi) is 4.08. The molecule has 0 spiro atoms. The molecule has 2 rings (SSSR count). The average Bonchev–Trinajstić information content (AvgIpc) is 3.17. The summed E-state index contributed by atoms with van der Waals surface area (Å²) in [6, 6.07) is 0.381. The van der Waals surface area contributed by atoms with Crippen molar-refractivity contribution in [2.24, 2.45) is 17.1 Å². The van der Waals surface area contributed by atoms with E-state index in [1.807, 2.05) is 0 Å². The van der Waals surface area contributed by atoms with Gasteiger partial charge in [-0.15, -0.1) is 0 Å².